The number of fused-ring (bicyclic) bond motifs is 1. The first-order chi connectivity index (χ1) is 13.1. The second-order valence-electron chi connectivity index (χ2n) is 6.38. The zero-order valence-electron chi connectivity index (χ0n) is 14.4. The minimum Gasteiger partial charge on any atom is -0.326 e. The van der Waals surface area contributed by atoms with E-state index >= 15 is 0 Å². The number of halogens is 1. The fourth-order valence-electron chi connectivity index (χ4n) is 3.33. The van der Waals surface area contributed by atoms with Crippen molar-refractivity contribution in [2.24, 2.45) is 0 Å². The maximum absolute atomic E-state index is 13.3. The molecule has 136 valence electrons. The Kier molecular flexibility index (Phi) is 4.73. The lowest BCUT2D eigenvalue weighted by atomic mass is 10.1. The van der Waals surface area contributed by atoms with Crippen molar-refractivity contribution in [3.63, 3.8) is 0 Å². The Bertz CT molecular complexity index is 987. The third-order valence-corrected chi connectivity index (χ3v) is 5.56. The number of thiophene rings is 1. The van der Waals surface area contributed by atoms with E-state index in [2.05, 4.69) is 5.32 Å². The molecular weight excluding hydrogens is 363 g/mol. The van der Waals surface area contributed by atoms with Gasteiger partial charge >= 0.3 is 0 Å². The molecule has 3 aromatic rings. The van der Waals surface area contributed by atoms with Gasteiger partial charge in [0.2, 0.25) is 5.91 Å². The zero-order valence-corrected chi connectivity index (χ0v) is 15.2. The largest absolute Gasteiger partial charge is 0.326 e. The molecule has 0 spiro atoms. The first kappa shape index (κ1) is 17.4. The zero-order chi connectivity index (χ0) is 18.8. The Labute approximate surface area is 160 Å². The van der Waals surface area contributed by atoms with Crippen molar-refractivity contribution >= 4 is 28.8 Å². The van der Waals surface area contributed by atoms with Crippen LogP contribution in [0.2, 0.25) is 0 Å². The molecule has 1 atom stereocenters. The quantitative estimate of drug-likeness (QED) is 0.703. The summed E-state index contributed by atoms with van der Waals surface area (Å²) >= 11 is 1.52. The van der Waals surface area contributed by atoms with Crippen LogP contribution in [0.25, 0.3) is 0 Å². The Hall–Kier alpha value is -2.99. The third kappa shape index (κ3) is 3.61. The second-order valence-corrected chi connectivity index (χ2v) is 7.36. The monoisotopic (exact) mass is 380 g/mol. The van der Waals surface area contributed by atoms with E-state index in [4.69, 9.17) is 0 Å². The molecule has 2 heterocycles. The Morgan fingerprint density at radius 3 is 2.74 bits per heavy atom. The highest BCUT2D eigenvalue weighted by Gasteiger charge is 2.34. The maximum Gasteiger partial charge on any atom is 0.255 e. The Morgan fingerprint density at radius 2 is 2.00 bits per heavy atom. The van der Waals surface area contributed by atoms with E-state index in [1.807, 2.05) is 41.8 Å². The SMILES string of the molecule is O=C(C[C@@H](c1cccs1)N1Cc2ccccc2C1=O)Nc1cccc(F)c1. The number of nitrogens with zero attached hydrogens (tertiary/aromatic N) is 1. The van der Waals surface area contributed by atoms with Gasteiger partial charge < -0.3 is 10.2 Å². The Morgan fingerprint density at radius 1 is 1.15 bits per heavy atom. The fraction of sp³-hybridized carbons (Fsp3) is 0.143. The van der Waals surface area contributed by atoms with Gasteiger partial charge in [-0.1, -0.05) is 30.3 Å². The van der Waals surface area contributed by atoms with Gasteiger partial charge in [-0.25, -0.2) is 4.39 Å². The summed E-state index contributed by atoms with van der Waals surface area (Å²) in [7, 11) is 0. The van der Waals surface area contributed by atoms with Crippen molar-refractivity contribution in [3.8, 4) is 0 Å². The van der Waals surface area contributed by atoms with Crippen molar-refractivity contribution in [1.29, 1.82) is 0 Å². The maximum atomic E-state index is 13.3. The van der Waals surface area contributed by atoms with Gasteiger partial charge in [0.25, 0.3) is 5.91 Å². The molecule has 4 nitrogen and oxygen atoms in total. The molecule has 0 fully saturated rings. The van der Waals surface area contributed by atoms with Gasteiger partial charge in [0.15, 0.2) is 0 Å². The molecule has 0 bridgehead atoms. The number of amides is 2. The van der Waals surface area contributed by atoms with Crippen LogP contribution in [0.4, 0.5) is 10.1 Å². The van der Waals surface area contributed by atoms with Crippen molar-refractivity contribution in [3.05, 3.63) is 87.9 Å². The molecule has 1 aromatic heterocycles. The molecule has 0 radical (unpaired) electrons. The number of rotatable bonds is 5. The standard InChI is InChI=1S/C21H17FN2O2S/c22-15-6-3-7-16(11-15)23-20(25)12-18(19-9-4-10-27-19)24-13-14-5-1-2-8-17(14)21(24)26/h1-11,18H,12-13H2,(H,23,25)/t18-/m0/s1. The van der Waals surface area contributed by atoms with E-state index in [9.17, 15) is 14.0 Å². The molecule has 0 saturated heterocycles. The molecule has 2 aromatic carbocycles. The number of hydrogen-bond acceptors (Lipinski definition) is 3. The van der Waals surface area contributed by atoms with Gasteiger partial charge in [0, 0.05) is 22.7 Å². The molecule has 1 aliphatic rings. The first-order valence-electron chi connectivity index (χ1n) is 8.59. The highest BCUT2D eigenvalue weighted by atomic mass is 32.1. The van der Waals surface area contributed by atoms with Crippen LogP contribution < -0.4 is 5.32 Å². The smallest absolute Gasteiger partial charge is 0.255 e. The predicted octanol–water partition coefficient (Wildman–Crippen LogP) is 4.61. The molecule has 0 saturated carbocycles. The van der Waals surface area contributed by atoms with Crippen LogP contribution in [0.15, 0.2) is 66.0 Å². The molecule has 0 aliphatic carbocycles. The van der Waals surface area contributed by atoms with Crippen LogP contribution in [0.3, 0.4) is 0 Å². The second kappa shape index (κ2) is 7.32. The van der Waals surface area contributed by atoms with E-state index in [-0.39, 0.29) is 24.3 Å². The molecule has 1 aliphatic heterocycles. The fourth-order valence-corrected chi connectivity index (χ4v) is 4.17. The summed E-state index contributed by atoms with van der Waals surface area (Å²) in [5, 5.41) is 4.65. The van der Waals surface area contributed by atoms with Gasteiger partial charge in [0.1, 0.15) is 5.82 Å². The number of carbonyl (C=O) groups excluding carboxylic acids is 2. The topological polar surface area (TPSA) is 49.4 Å². The summed E-state index contributed by atoms with van der Waals surface area (Å²) in [5.74, 6) is -0.738. The van der Waals surface area contributed by atoms with Gasteiger partial charge in [0.05, 0.1) is 12.5 Å². The lowest BCUT2D eigenvalue weighted by Crippen LogP contribution is -2.31. The average Bonchev–Trinajstić information content (AvgIpc) is 3.29. The van der Waals surface area contributed by atoms with Gasteiger partial charge in [-0.3, -0.25) is 9.59 Å². The summed E-state index contributed by atoms with van der Waals surface area (Å²) in [6.45, 7) is 0.477. The predicted molar refractivity (Wildman–Crippen MR) is 103 cm³/mol. The lowest BCUT2D eigenvalue weighted by molar-refractivity contribution is -0.117. The molecule has 6 heteroatoms. The minimum absolute atomic E-state index is 0.0671. The molecular formula is C21H17FN2O2S. The van der Waals surface area contributed by atoms with E-state index in [1.165, 1.54) is 23.5 Å². The summed E-state index contributed by atoms with van der Waals surface area (Å²) < 4.78 is 13.3. The van der Waals surface area contributed by atoms with E-state index in [0.29, 0.717) is 17.8 Å². The molecule has 2 amide bonds. The van der Waals surface area contributed by atoms with Crippen LogP contribution in [-0.2, 0) is 11.3 Å². The summed E-state index contributed by atoms with van der Waals surface area (Å²) in [4.78, 5) is 28.2. The van der Waals surface area contributed by atoms with Crippen LogP contribution in [0.1, 0.15) is 33.3 Å². The van der Waals surface area contributed by atoms with E-state index in [0.717, 1.165) is 10.4 Å². The number of benzene rings is 2. The highest BCUT2D eigenvalue weighted by Crippen LogP contribution is 2.35. The Balaban J connectivity index is 1.56. The van der Waals surface area contributed by atoms with E-state index < -0.39 is 5.82 Å². The normalized spacial score (nSPS) is 14.1. The van der Waals surface area contributed by atoms with Crippen LogP contribution in [0.5, 0.6) is 0 Å². The number of carbonyl (C=O) groups is 2. The highest BCUT2D eigenvalue weighted by molar-refractivity contribution is 7.10. The molecule has 0 unspecified atom stereocenters. The number of hydrogen-bond donors (Lipinski definition) is 1. The van der Waals surface area contributed by atoms with Crippen molar-refractivity contribution in [2.45, 2.75) is 19.0 Å². The summed E-state index contributed by atoms with van der Waals surface area (Å²) in [6, 6.07) is 16.8. The van der Waals surface area contributed by atoms with Gasteiger partial charge in [-0.2, -0.15) is 0 Å². The summed E-state index contributed by atoms with van der Waals surface area (Å²) in [6.07, 6.45) is 0.108. The molecule has 4 rings (SSSR count). The van der Waals surface area contributed by atoms with Crippen molar-refractivity contribution in [1.82, 2.24) is 4.90 Å². The van der Waals surface area contributed by atoms with Gasteiger partial charge in [-0.15, -0.1) is 11.3 Å². The number of nitrogens with one attached hydrogen (secondary N) is 1. The number of anilines is 1. The van der Waals surface area contributed by atoms with Crippen molar-refractivity contribution < 1.29 is 14.0 Å². The minimum atomic E-state index is -0.409. The molecule has 1 N–H and O–H groups in total. The average molecular weight is 380 g/mol. The first-order valence-corrected chi connectivity index (χ1v) is 9.47. The van der Waals surface area contributed by atoms with Crippen LogP contribution >= 0.6 is 11.3 Å². The van der Waals surface area contributed by atoms with Crippen molar-refractivity contribution in [2.75, 3.05) is 5.32 Å². The summed E-state index contributed by atoms with van der Waals surface area (Å²) in [5.41, 5.74) is 2.06. The van der Waals surface area contributed by atoms with Crippen LogP contribution in [-0.4, -0.2) is 16.7 Å². The molecule has 27 heavy (non-hydrogen) atoms. The lowest BCUT2D eigenvalue weighted by Gasteiger charge is -2.26. The third-order valence-electron chi connectivity index (χ3n) is 4.58. The van der Waals surface area contributed by atoms with Crippen LogP contribution in [0, 0.1) is 5.82 Å². The van der Waals surface area contributed by atoms with E-state index in [1.54, 1.807) is 17.0 Å². The van der Waals surface area contributed by atoms with Gasteiger partial charge in [-0.05, 0) is 41.3 Å².